The molecule has 1 unspecified atom stereocenters. The highest BCUT2D eigenvalue weighted by Gasteiger charge is 2.42. The molecule has 5 heteroatoms. The Hall–Kier alpha value is -1.98. The average Bonchev–Trinajstić information content (AvgIpc) is 2.58. The molecule has 0 saturated heterocycles. The van der Waals surface area contributed by atoms with Crippen molar-refractivity contribution in [3.05, 3.63) is 28.8 Å². The third-order valence-corrected chi connectivity index (χ3v) is 5.71. The normalized spacial score (nSPS) is 30.1. The molecule has 0 bridgehead atoms. The second-order valence-electron chi connectivity index (χ2n) is 8.31. The fraction of sp³-hybridized carbons (Fsp3) is 0.545. The summed E-state index contributed by atoms with van der Waals surface area (Å²) in [6, 6.07) is 0. The van der Waals surface area contributed by atoms with E-state index in [0.29, 0.717) is 22.8 Å². The molecule has 0 saturated carbocycles. The van der Waals surface area contributed by atoms with E-state index in [1.165, 1.54) is 0 Å². The topological polar surface area (TPSA) is 68.2 Å². The van der Waals surface area contributed by atoms with Crippen LogP contribution in [0.15, 0.2) is 12.2 Å². The van der Waals surface area contributed by atoms with Crippen molar-refractivity contribution >= 4 is 11.6 Å². The Morgan fingerprint density at radius 2 is 1.81 bits per heavy atom. The summed E-state index contributed by atoms with van der Waals surface area (Å²) in [6.45, 7) is 10.0. The Kier molecular flexibility index (Phi) is 4.28. The maximum atomic E-state index is 11.0. The van der Waals surface area contributed by atoms with Crippen LogP contribution in [0.25, 0.3) is 11.6 Å². The Balaban J connectivity index is 2.04. The lowest BCUT2D eigenvalue weighted by Gasteiger charge is -2.40. The first-order valence-corrected chi connectivity index (χ1v) is 9.76. The van der Waals surface area contributed by atoms with Crippen molar-refractivity contribution in [3.8, 4) is 17.2 Å². The molecule has 0 radical (unpaired) electrons. The van der Waals surface area contributed by atoms with Crippen molar-refractivity contribution in [2.45, 2.75) is 71.6 Å². The van der Waals surface area contributed by atoms with Gasteiger partial charge in [0.05, 0.1) is 22.8 Å². The van der Waals surface area contributed by atoms with Gasteiger partial charge in [-0.1, -0.05) is 20.3 Å². The minimum absolute atomic E-state index is 0.0918. The lowest BCUT2D eigenvalue weighted by molar-refractivity contribution is -0.00242. The van der Waals surface area contributed by atoms with Crippen LogP contribution in [0.3, 0.4) is 0 Å². The van der Waals surface area contributed by atoms with Crippen molar-refractivity contribution < 1.29 is 24.4 Å². The lowest BCUT2D eigenvalue weighted by atomic mass is 9.82. The summed E-state index contributed by atoms with van der Waals surface area (Å²) in [6.07, 6.45) is 5.54. The molecule has 3 aliphatic heterocycles. The summed E-state index contributed by atoms with van der Waals surface area (Å²) < 4.78 is 18.4. The summed E-state index contributed by atoms with van der Waals surface area (Å²) in [5.41, 5.74) is 2.80. The fourth-order valence-corrected chi connectivity index (χ4v) is 4.07. The smallest absolute Gasteiger partial charge is 0.217 e. The zero-order valence-electron chi connectivity index (χ0n) is 16.6. The van der Waals surface area contributed by atoms with Gasteiger partial charge < -0.3 is 24.4 Å². The Bertz CT molecular complexity index is 836. The molecule has 1 aromatic rings. The molecule has 5 nitrogen and oxygen atoms in total. The molecule has 3 aliphatic rings. The third kappa shape index (κ3) is 2.84. The number of ether oxygens (including phenoxy) is 3. The van der Waals surface area contributed by atoms with E-state index >= 15 is 0 Å². The number of hydrogen-bond acceptors (Lipinski definition) is 5. The zero-order valence-corrected chi connectivity index (χ0v) is 16.6. The highest BCUT2D eigenvalue weighted by atomic mass is 16.6. The number of hydrogen-bond donors (Lipinski definition) is 2. The van der Waals surface area contributed by atoms with Crippen LogP contribution in [0.5, 0.6) is 17.2 Å². The summed E-state index contributed by atoms with van der Waals surface area (Å²) >= 11 is 0. The predicted octanol–water partition coefficient (Wildman–Crippen LogP) is 4.22. The minimum atomic E-state index is -1.05. The Labute approximate surface area is 160 Å². The summed E-state index contributed by atoms with van der Waals surface area (Å²) in [7, 11) is 0. The highest BCUT2D eigenvalue weighted by molar-refractivity contribution is 5.86. The standard InChI is InChI=1S/C22H28O5/c1-6-7-13-10-15(23)26-21-16(13)20-14(8-9-22(4,5)27-20)19-17(21)18(24)11(2)12(3)25-19/h8-12,15,18,23-24H,6-7H2,1-5H3/t11-,12-,15?,18-/m0/s1. The van der Waals surface area contributed by atoms with Crippen molar-refractivity contribution in [1.82, 2.24) is 0 Å². The van der Waals surface area contributed by atoms with Gasteiger partial charge in [-0.15, -0.1) is 0 Å². The van der Waals surface area contributed by atoms with Gasteiger partial charge in [-0.2, -0.15) is 0 Å². The van der Waals surface area contributed by atoms with Gasteiger partial charge in [0.2, 0.25) is 6.29 Å². The second kappa shape index (κ2) is 6.28. The van der Waals surface area contributed by atoms with Crippen molar-refractivity contribution in [1.29, 1.82) is 0 Å². The van der Waals surface area contributed by atoms with E-state index < -0.39 is 18.0 Å². The van der Waals surface area contributed by atoms with Crippen LogP contribution >= 0.6 is 0 Å². The van der Waals surface area contributed by atoms with Gasteiger partial charge in [-0.25, -0.2) is 0 Å². The first-order chi connectivity index (χ1) is 12.7. The van der Waals surface area contributed by atoms with E-state index in [9.17, 15) is 10.2 Å². The molecule has 27 heavy (non-hydrogen) atoms. The zero-order chi connectivity index (χ0) is 19.5. The molecule has 2 N–H and O–H groups in total. The fourth-order valence-electron chi connectivity index (χ4n) is 4.07. The second-order valence-corrected chi connectivity index (χ2v) is 8.31. The Morgan fingerprint density at radius 3 is 2.52 bits per heavy atom. The van der Waals surface area contributed by atoms with Crippen LogP contribution in [0.4, 0.5) is 0 Å². The maximum absolute atomic E-state index is 11.0. The van der Waals surface area contributed by atoms with Crippen molar-refractivity contribution in [3.63, 3.8) is 0 Å². The average molecular weight is 372 g/mol. The van der Waals surface area contributed by atoms with Gasteiger partial charge >= 0.3 is 0 Å². The monoisotopic (exact) mass is 372 g/mol. The van der Waals surface area contributed by atoms with E-state index in [0.717, 1.165) is 29.5 Å². The molecule has 4 rings (SSSR count). The van der Waals surface area contributed by atoms with Crippen LogP contribution in [0.1, 0.15) is 70.3 Å². The Morgan fingerprint density at radius 1 is 1.07 bits per heavy atom. The molecule has 1 aromatic carbocycles. The molecule has 0 spiro atoms. The molecule has 0 fully saturated rings. The predicted molar refractivity (Wildman–Crippen MR) is 104 cm³/mol. The first kappa shape index (κ1) is 18.4. The van der Waals surface area contributed by atoms with Crippen LogP contribution in [0, 0.1) is 5.92 Å². The summed E-state index contributed by atoms with van der Waals surface area (Å²) in [4.78, 5) is 0. The lowest BCUT2D eigenvalue weighted by Crippen LogP contribution is -2.35. The van der Waals surface area contributed by atoms with Crippen molar-refractivity contribution in [2.24, 2.45) is 5.92 Å². The quantitative estimate of drug-likeness (QED) is 0.814. The van der Waals surface area contributed by atoms with Gasteiger partial charge in [0.15, 0.2) is 0 Å². The van der Waals surface area contributed by atoms with E-state index in [1.807, 2.05) is 39.8 Å². The van der Waals surface area contributed by atoms with Gasteiger partial charge in [0.25, 0.3) is 0 Å². The maximum Gasteiger partial charge on any atom is 0.217 e. The molecule has 0 aromatic heterocycles. The molecule has 4 atom stereocenters. The highest BCUT2D eigenvalue weighted by Crippen LogP contribution is 2.56. The SMILES string of the molecule is CCCC1=CC(O)Oc2c1c1c(c3c2[C@@H](O)[C@@H](C)[C@H](C)O3)C=CC(C)(C)O1. The molecular weight excluding hydrogens is 344 g/mol. The van der Waals surface area contributed by atoms with E-state index in [-0.39, 0.29) is 12.0 Å². The van der Waals surface area contributed by atoms with Crippen molar-refractivity contribution in [2.75, 3.05) is 0 Å². The largest absolute Gasteiger partial charge is 0.489 e. The molecule has 3 heterocycles. The van der Waals surface area contributed by atoms with Gasteiger partial charge in [-0.05, 0) is 51.0 Å². The number of aliphatic hydroxyl groups is 2. The van der Waals surface area contributed by atoms with Gasteiger partial charge in [0, 0.05) is 5.92 Å². The van der Waals surface area contributed by atoms with Crippen LogP contribution in [-0.2, 0) is 0 Å². The minimum Gasteiger partial charge on any atom is -0.489 e. The van der Waals surface area contributed by atoms with E-state index in [4.69, 9.17) is 14.2 Å². The molecular formula is C22H28O5. The number of aliphatic hydroxyl groups excluding tert-OH is 2. The van der Waals surface area contributed by atoms with Crippen LogP contribution in [0.2, 0.25) is 0 Å². The molecule has 0 amide bonds. The van der Waals surface area contributed by atoms with Gasteiger partial charge in [0.1, 0.15) is 29.0 Å². The molecule has 0 aliphatic carbocycles. The number of allylic oxidation sites excluding steroid dienone is 1. The number of fused-ring (bicyclic) bond motifs is 6. The van der Waals surface area contributed by atoms with Gasteiger partial charge in [-0.3, -0.25) is 0 Å². The summed E-state index contributed by atoms with van der Waals surface area (Å²) in [5.74, 6) is 1.70. The number of benzene rings is 1. The van der Waals surface area contributed by atoms with E-state index in [1.54, 1.807) is 6.08 Å². The third-order valence-electron chi connectivity index (χ3n) is 5.71. The number of rotatable bonds is 2. The molecule has 146 valence electrons. The van der Waals surface area contributed by atoms with E-state index in [2.05, 4.69) is 6.92 Å². The van der Waals surface area contributed by atoms with Crippen LogP contribution in [-0.4, -0.2) is 28.2 Å². The first-order valence-electron chi connectivity index (χ1n) is 9.76. The summed E-state index contributed by atoms with van der Waals surface area (Å²) in [5, 5.41) is 21.3. The van der Waals surface area contributed by atoms with Crippen LogP contribution < -0.4 is 14.2 Å².